The highest BCUT2D eigenvalue weighted by Crippen LogP contribution is 2.23. The monoisotopic (exact) mass is 198 g/mol. The minimum absolute atomic E-state index is 0.0332. The van der Waals surface area contributed by atoms with Gasteiger partial charge < -0.3 is 5.73 Å². The van der Waals surface area contributed by atoms with Gasteiger partial charge in [0.2, 0.25) is 0 Å². The van der Waals surface area contributed by atoms with Crippen molar-refractivity contribution in [2.24, 2.45) is 5.73 Å². The zero-order valence-corrected chi connectivity index (χ0v) is 7.55. The lowest BCUT2D eigenvalue weighted by molar-refractivity contribution is 0.585. The van der Waals surface area contributed by atoms with E-state index < -0.39 is 11.9 Å². The van der Waals surface area contributed by atoms with E-state index in [2.05, 4.69) is 0 Å². The van der Waals surface area contributed by atoms with Crippen molar-refractivity contribution in [3.63, 3.8) is 0 Å². The van der Waals surface area contributed by atoms with Gasteiger partial charge in [0.15, 0.2) is 0 Å². The van der Waals surface area contributed by atoms with Crippen LogP contribution in [-0.4, -0.2) is 0 Å². The third-order valence-electron chi connectivity index (χ3n) is 1.69. The summed E-state index contributed by atoms with van der Waals surface area (Å²) in [6, 6.07) is 5.85. The molecule has 0 saturated carbocycles. The van der Waals surface area contributed by atoms with Gasteiger partial charge in [-0.15, -0.1) is 0 Å². The highest BCUT2D eigenvalue weighted by Gasteiger charge is 2.12. The zero-order chi connectivity index (χ0) is 9.84. The maximum absolute atomic E-state index is 13.3. The first kappa shape index (κ1) is 9.97. The SMILES string of the molecule is N#CC[C@H](N)c1cccc(Cl)c1F. The fourth-order valence-corrected chi connectivity index (χ4v) is 1.20. The predicted octanol–water partition coefficient (Wildman–Crippen LogP) is 2.39. The van der Waals surface area contributed by atoms with Gasteiger partial charge in [-0.2, -0.15) is 5.26 Å². The zero-order valence-electron chi connectivity index (χ0n) is 6.80. The van der Waals surface area contributed by atoms with E-state index in [1.165, 1.54) is 12.1 Å². The van der Waals surface area contributed by atoms with Crippen LogP contribution in [0, 0.1) is 17.1 Å². The molecule has 1 aromatic carbocycles. The summed E-state index contributed by atoms with van der Waals surface area (Å²) in [5.74, 6) is -0.535. The fraction of sp³-hybridized carbons (Fsp3) is 0.222. The summed E-state index contributed by atoms with van der Waals surface area (Å²) in [5.41, 5.74) is 5.84. The lowest BCUT2D eigenvalue weighted by Crippen LogP contribution is -2.11. The quantitative estimate of drug-likeness (QED) is 0.793. The third kappa shape index (κ3) is 2.18. The van der Waals surface area contributed by atoms with Crippen LogP contribution in [0.25, 0.3) is 0 Å². The Bertz CT molecular complexity index is 346. The first-order valence-electron chi connectivity index (χ1n) is 3.73. The van der Waals surface area contributed by atoms with Gasteiger partial charge >= 0.3 is 0 Å². The normalized spacial score (nSPS) is 12.2. The molecule has 0 aromatic heterocycles. The fourth-order valence-electron chi connectivity index (χ4n) is 1.02. The second kappa shape index (κ2) is 4.22. The Morgan fingerprint density at radius 3 is 2.92 bits per heavy atom. The van der Waals surface area contributed by atoms with Gasteiger partial charge in [0.25, 0.3) is 0 Å². The van der Waals surface area contributed by atoms with Crippen LogP contribution in [0.1, 0.15) is 18.0 Å². The average molecular weight is 199 g/mol. The number of halogens is 2. The van der Waals surface area contributed by atoms with Crippen molar-refractivity contribution in [3.8, 4) is 6.07 Å². The number of nitrogens with zero attached hydrogens (tertiary/aromatic N) is 1. The summed E-state index contributed by atoms with van der Waals surface area (Å²) in [6.45, 7) is 0. The highest BCUT2D eigenvalue weighted by atomic mass is 35.5. The van der Waals surface area contributed by atoms with E-state index in [1.807, 2.05) is 6.07 Å². The van der Waals surface area contributed by atoms with Crippen molar-refractivity contribution in [2.75, 3.05) is 0 Å². The van der Waals surface area contributed by atoms with Crippen LogP contribution in [0.3, 0.4) is 0 Å². The Hall–Kier alpha value is -1.11. The van der Waals surface area contributed by atoms with Crippen LogP contribution >= 0.6 is 11.6 Å². The van der Waals surface area contributed by atoms with Crippen LogP contribution in [0.2, 0.25) is 5.02 Å². The Balaban J connectivity index is 3.02. The molecule has 68 valence electrons. The van der Waals surface area contributed by atoms with Crippen molar-refractivity contribution >= 4 is 11.6 Å². The number of hydrogen-bond donors (Lipinski definition) is 1. The molecule has 0 fully saturated rings. The standard InChI is InChI=1S/C9H8ClFN2/c10-7-3-1-2-6(9(7)11)8(13)4-5-12/h1-3,8H,4,13H2/t8-/m0/s1. The summed E-state index contributed by atoms with van der Waals surface area (Å²) in [6.07, 6.45) is 0.0806. The molecule has 4 heteroatoms. The molecule has 2 nitrogen and oxygen atoms in total. The minimum Gasteiger partial charge on any atom is -0.323 e. The lowest BCUT2D eigenvalue weighted by atomic mass is 10.1. The Kier molecular flexibility index (Phi) is 3.24. The molecule has 1 aromatic rings. The first-order chi connectivity index (χ1) is 6.16. The van der Waals surface area contributed by atoms with Crippen LogP contribution in [0.15, 0.2) is 18.2 Å². The number of nitrogens with two attached hydrogens (primary N) is 1. The number of benzene rings is 1. The maximum Gasteiger partial charge on any atom is 0.146 e. The molecule has 1 rings (SSSR count). The average Bonchev–Trinajstić information content (AvgIpc) is 2.10. The summed E-state index contributed by atoms with van der Waals surface area (Å²) in [7, 11) is 0. The third-order valence-corrected chi connectivity index (χ3v) is 1.98. The number of rotatable bonds is 2. The first-order valence-corrected chi connectivity index (χ1v) is 4.11. The van der Waals surface area contributed by atoms with Crippen molar-refractivity contribution in [3.05, 3.63) is 34.6 Å². The van der Waals surface area contributed by atoms with Gasteiger partial charge in [0.1, 0.15) is 5.82 Å². The predicted molar refractivity (Wildman–Crippen MR) is 48.6 cm³/mol. The molecule has 2 N–H and O–H groups in total. The molecule has 1 atom stereocenters. The summed E-state index contributed by atoms with van der Waals surface area (Å²) >= 11 is 5.54. The van der Waals surface area contributed by atoms with E-state index in [9.17, 15) is 4.39 Å². The van der Waals surface area contributed by atoms with Crippen LogP contribution in [0.4, 0.5) is 4.39 Å². The van der Waals surface area contributed by atoms with Gasteiger partial charge in [0, 0.05) is 11.6 Å². The lowest BCUT2D eigenvalue weighted by Gasteiger charge is -2.09. The molecule has 0 spiro atoms. The van der Waals surface area contributed by atoms with Crippen molar-refractivity contribution in [2.45, 2.75) is 12.5 Å². The number of hydrogen-bond acceptors (Lipinski definition) is 2. The molecule has 0 amide bonds. The van der Waals surface area contributed by atoms with Gasteiger partial charge in [-0.05, 0) is 6.07 Å². The molecule has 0 unspecified atom stereocenters. The van der Waals surface area contributed by atoms with Crippen LogP contribution in [0.5, 0.6) is 0 Å². The van der Waals surface area contributed by atoms with Crippen molar-refractivity contribution in [1.29, 1.82) is 5.26 Å². The molecule has 0 aliphatic carbocycles. The van der Waals surface area contributed by atoms with Gasteiger partial charge in [-0.3, -0.25) is 0 Å². The Morgan fingerprint density at radius 2 is 2.31 bits per heavy atom. The smallest absolute Gasteiger partial charge is 0.146 e. The van der Waals surface area contributed by atoms with Crippen LogP contribution in [-0.2, 0) is 0 Å². The van der Waals surface area contributed by atoms with E-state index in [0.29, 0.717) is 0 Å². The Morgan fingerprint density at radius 1 is 1.62 bits per heavy atom. The van der Waals surface area contributed by atoms with E-state index in [1.54, 1.807) is 6.07 Å². The Labute approximate surface area is 80.7 Å². The summed E-state index contributed by atoms with van der Waals surface area (Å²) in [5, 5.41) is 8.41. The largest absolute Gasteiger partial charge is 0.323 e. The molecule has 0 aliphatic heterocycles. The topological polar surface area (TPSA) is 49.8 Å². The minimum atomic E-state index is -0.608. The van der Waals surface area contributed by atoms with Crippen molar-refractivity contribution < 1.29 is 4.39 Å². The molecular formula is C9H8ClFN2. The molecule has 0 heterocycles. The highest BCUT2D eigenvalue weighted by molar-refractivity contribution is 6.30. The van der Waals surface area contributed by atoms with Gasteiger partial charge in [-0.25, -0.2) is 4.39 Å². The van der Waals surface area contributed by atoms with E-state index >= 15 is 0 Å². The van der Waals surface area contributed by atoms with Gasteiger partial charge in [-0.1, -0.05) is 23.7 Å². The second-order valence-electron chi connectivity index (χ2n) is 2.61. The van der Waals surface area contributed by atoms with Gasteiger partial charge in [0.05, 0.1) is 17.5 Å². The number of nitriles is 1. The van der Waals surface area contributed by atoms with E-state index in [-0.39, 0.29) is 17.0 Å². The van der Waals surface area contributed by atoms with Crippen LogP contribution < -0.4 is 5.73 Å². The molecule has 0 bridgehead atoms. The summed E-state index contributed by atoms with van der Waals surface area (Å²) in [4.78, 5) is 0. The molecule has 0 aliphatic rings. The molecule has 0 saturated heterocycles. The van der Waals surface area contributed by atoms with E-state index in [0.717, 1.165) is 0 Å². The summed E-state index contributed by atoms with van der Waals surface area (Å²) < 4.78 is 13.3. The molecule has 13 heavy (non-hydrogen) atoms. The van der Waals surface area contributed by atoms with E-state index in [4.69, 9.17) is 22.6 Å². The maximum atomic E-state index is 13.3. The van der Waals surface area contributed by atoms with Crippen molar-refractivity contribution in [1.82, 2.24) is 0 Å². The molecule has 0 radical (unpaired) electrons. The second-order valence-corrected chi connectivity index (χ2v) is 3.02. The molecular weight excluding hydrogens is 191 g/mol.